The van der Waals surface area contributed by atoms with Gasteiger partial charge in [0.05, 0.1) is 0 Å². The van der Waals surface area contributed by atoms with Crippen molar-refractivity contribution in [3.05, 3.63) is 0 Å². The van der Waals surface area contributed by atoms with Gasteiger partial charge in [0.15, 0.2) is 0 Å². The minimum atomic E-state index is 0.587. The summed E-state index contributed by atoms with van der Waals surface area (Å²) in [5.41, 5.74) is 0. The van der Waals surface area contributed by atoms with E-state index < -0.39 is 0 Å². The average Bonchev–Trinajstić information content (AvgIpc) is 1.81. The molecule has 60 valence electrons. The summed E-state index contributed by atoms with van der Waals surface area (Å²) in [6, 6.07) is 1.17. The maximum atomic E-state index is 3.38. The molecule has 5 heteroatoms. The van der Waals surface area contributed by atoms with E-state index in [1.165, 1.54) is 0 Å². The zero-order valence-corrected chi connectivity index (χ0v) is 10.5. The van der Waals surface area contributed by atoms with Gasteiger partial charge in [-0.3, -0.25) is 0 Å². The van der Waals surface area contributed by atoms with Crippen molar-refractivity contribution in [3.63, 3.8) is 0 Å². The number of nitrogens with zero attached hydrogens (tertiary/aromatic N) is 2. The quantitative estimate of drug-likeness (QED) is 0.592. The van der Waals surface area contributed by atoms with Crippen molar-refractivity contribution in [3.8, 4) is 0 Å². The third-order valence-electron chi connectivity index (χ3n) is 1.33. The number of hydrogen-bond acceptors (Lipinski definition) is 2. The van der Waals surface area contributed by atoms with Gasteiger partial charge in [-0.25, -0.2) is 0 Å². The summed E-state index contributed by atoms with van der Waals surface area (Å²) in [7, 11) is 7.39. The van der Waals surface area contributed by atoms with Gasteiger partial charge in [-0.1, -0.05) is 27.7 Å². The molecule has 0 spiro atoms. The number of hydrogen-bond donors (Lipinski definition) is 0. The second-order valence-corrected chi connectivity index (χ2v) is 6.43. The molecule has 0 rings (SSSR count). The van der Waals surface area contributed by atoms with Crippen molar-refractivity contribution in [2.45, 2.75) is 39.8 Å². The summed E-state index contributed by atoms with van der Waals surface area (Å²) in [6.45, 7) is 8.81. The molecule has 0 saturated heterocycles. The molecule has 0 N–H and O–H groups in total. The molecular weight excluding hydrogens is 184 g/mol. The van der Waals surface area contributed by atoms with E-state index in [4.69, 9.17) is 0 Å². The first-order valence-electron chi connectivity index (χ1n) is 3.72. The van der Waals surface area contributed by atoms with Gasteiger partial charge in [0.25, 0.3) is 0 Å². The van der Waals surface area contributed by atoms with Gasteiger partial charge in [0.2, 0.25) is 9.84 Å². The van der Waals surface area contributed by atoms with Crippen LogP contribution in [0.3, 0.4) is 0 Å². The molecule has 0 fully saturated rings. The highest BCUT2D eigenvalue weighted by Gasteiger charge is 2.14. The van der Waals surface area contributed by atoms with E-state index >= 15 is 0 Å². The Kier molecular flexibility index (Phi) is 5.53. The van der Waals surface area contributed by atoms with Crippen LogP contribution >= 0.6 is 0 Å². The van der Waals surface area contributed by atoms with Gasteiger partial charge < -0.3 is 8.46 Å². The minimum Gasteiger partial charge on any atom is -0.363 e. The Hall–Kier alpha value is 0.571. The first-order valence-corrected chi connectivity index (χ1v) is 5.51. The van der Waals surface area contributed by atoms with Crippen LogP contribution in [0.15, 0.2) is 0 Å². The molecule has 0 saturated carbocycles. The van der Waals surface area contributed by atoms with Crippen LogP contribution in [0.25, 0.3) is 0 Å². The third-order valence-corrected chi connectivity index (χ3v) is 3.39. The van der Waals surface area contributed by atoms with Crippen molar-refractivity contribution in [2.24, 2.45) is 0 Å². The van der Waals surface area contributed by atoms with Crippen LogP contribution in [-0.4, -0.2) is 51.2 Å². The van der Waals surface area contributed by atoms with Gasteiger partial charge >= 0.3 is 0 Å². The molecule has 0 atom stereocenters. The molecule has 0 amide bonds. The molecule has 2 nitrogen and oxygen atoms in total. The first-order chi connectivity index (χ1) is 4.95. The Labute approximate surface area is 79.3 Å². The van der Waals surface area contributed by atoms with Crippen LogP contribution in [-0.2, 0) is 0 Å². The van der Waals surface area contributed by atoms with E-state index in [9.17, 15) is 0 Å². The summed E-state index contributed by atoms with van der Waals surface area (Å²) in [5, 5.41) is 0. The van der Waals surface area contributed by atoms with Gasteiger partial charge in [0, 0.05) is 0 Å². The van der Waals surface area contributed by atoms with Crippen molar-refractivity contribution in [1.82, 2.24) is 8.46 Å². The molecule has 0 aromatic carbocycles. The fourth-order valence-corrected chi connectivity index (χ4v) is 2.33. The molecule has 8 radical (unpaired) electrons. The normalized spacial score (nSPS) is 12.5. The van der Waals surface area contributed by atoms with E-state index in [0.717, 1.165) is 0 Å². The van der Waals surface area contributed by atoms with Crippen LogP contribution < -0.4 is 0 Å². The van der Waals surface area contributed by atoms with E-state index in [1.54, 1.807) is 0 Å². The summed E-state index contributed by atoms with van der Waals surface area (Å²) in [4.78, 5) is 0. The van der Waals surface area contributed by atoms with E-state index in [0.29, 0.717) is 21.9 Å². The summed E-state index contributed by atoms with van der Waals surface area (Å²) in [5.74, 6) is 0. The van der Waals surface area contributed by atoms with Crippen LogP contribution in [0.2, 0.25) is 0 Å². The van der Waals surface area contributed by atoms with Crippen LogP contribution in [0, 0.1) is 0 Å². The van der Waals surface area contributed by atoms with Crippen molar-refractivity contribution in [1.29, 1.82) is 0 Å². The topological polar surface area (TPSA) is 6.48 Å². The second-order valence-electron chi connectivity index (χ2n) is 3.03. The molecule has 0 heterocycles. The standard InChI is InChI=1S/C6H14N2Si3/c1-5(2)7(6(3)4)11-8(9)10/h5-6H,1-4H3. The van der Waals surface area contributed by atoms with E-state index in [-0.39, 0.29) is 0 Å². The lowest BCUT2D eigenvalue weighted by Gasteiger charge is -2.31. The third kappa shape index (κ3) is 4.91. The minimum absolute atomic E-state index is 0.587. The average molecular weight is 198 g/mol. The largest absolute Gasteiger partial charge is 0.363 e. The Bertz CT molecular complexity index is 98.0. The highest BCUT2D eigenvalue weighted by molar-refractivity contribution is 6.51. The van der Waals surface area contributed by atoms with Crippen molar-refractivity contribution in [2.75, 3.05) is 0 Å². The molecular formula is C6H14N2Si3. The van der Waals surface area contributed by atoms with Gasteiger partial charge in [0.1, 0.15) is 20.8 Å². The highest BCUT2D eigenvalue weighted by atomic mass is 28.3. The molecule has 0 aromatic heterocycles. The lowest BCUT2D eigenvalue weighted by Crippen LogP contribution is -2.46. The van der Waals surface area contributed by atoms with Crippen LogP contribution in [0.5, 0.6) is 0 Å². The van der Waals surface area contributed by atoms with Crippen LogP contribution in [0.1, 0.15) is 27.7 Å². The Morgan fingerprint density at radius 2 is 1.36 bits per heavy atom. The predicted octanol–water partition coefficient (Wildman–Crippen LogP) is 0.108. The van der Waals surface area contributed by atoms with E-state index in [1.807, 2.05) is 3.90 Å². The number of rotatable bonds is 4. The SMILES string of the molecule is CC(C)N([Si]N([Si])[Si])C(C)C. The Morgan fingerprint density at radius 3 is 1.45 bits per heavy atom. The molecule has 0 aliphatic rings. The smallest absolute Gasteiger partial charge is 0.235 e. The van der Waals surface area contributed by atoms with Gasteiger partial charge in [-0.15, -0.1) is 0 Å². The highest BCUT2D eigenvalue weighted by Crippen LogP contribution is 2.02. The van der Waals surface area contributed by atoms with Gasteiger partial charge in [-0.05, 0) is 12.1 Å². The molecule has 0 aromatic rings. The maximum absolute atomic E-state index is 3.38. The van der Waals surface area contributed by atoms with Crippen LogP contribution in [0.4, 0.5) is 0 Å². The van der Waals surface area contributed by atoms with Gasteiger partial charge in [-0.2, -0.15) is 0 Å². The fourth-order valence-electron chi connectivity index (χ4n) is 0.943. The Balaban J connectivity index is 3.90. The summed E-state index contributed by atoms with van der Waals surface area (Å²) in [6.07, 6.45) is 0. The lowest BCUT2D eigenvalue weighted by molar-refractivity contribution is 0.305. The summed E-state index contributed by atoms with van der Waals surface area (Å²) < 4.78 is 4.24. The predicted molar refractivity (Wildman–Crippen MR) is 51.2 cm³/mol. The molecule has 11 heavy (non-hydrogen) atoms. The summed E-state index contributed by atoms with van der Waals surface area (Å²) >= 11 is 0. The van der Waals surface area contributed by atoms with Crippen molar-refractivity contribution >= 4 is 30.7 Å². The zero-order valence-electron chi connectivity index (χ0n) is 7.55. The van der Waals surface area contributed by atoms with Crippen molar-refractivity contribution < 1.29 is 0 Å². The molecule has 0 unspecified atom stereocenters. The maximum Gasteiger partial charge on any atom is 0.235 e. The first kappa shape index (κ1) is 11.6. The zero-order chi connectivity index (χ0) is 9.02. The molecule has 0 bridgehead atoms. The lowest BCUT2D eigenvalue weighted by atomic mass is 10.3. The second kappa shape index (κ2) is 5.26. The molecule has 0 aliphatic carbocycles. The fraction of sp³-hybridized carbons (Fsp3) is 1.00. The van der Waals surface area contributed by atoms with E-state index in [2.05, 4.69) is 53.1 Å². The Morgan fingerprint density at radius 1 is 1.00 bits per heavy atom. The molecule has 0 aliphatic heterocycles. The monoisotopic (exact) mass is 198 g/mol.